The van der Waals surface area contributed by atoms with E-state index in [9.17, 15) is 24.3 Å². The van der Waals surface area contributed by atoms with Gasteiger partial charge in [0.1, 0.15) is 23.1 Å². The number of ether oxygens (including phenoxy) is 3. The van der Waals surface area contributed by atoms with Gasteiger partial charge in [0, 0.05) is 12.8 Å². The molecule has 0 bridgehead atoms. The molecule has 0 aliphatic rings. The maximum atomic E-state index is 12.2. The van der Waals surface area contributed by atoms with Crippen LogP contribution in [0.15, 0.2) is 48.5 Å². The van der Waals surface area contributed by atoms with E-state index in [1.165, 1.54) is 0 Å². The van der Waals surface area contributed by atoms with E-state index in [4.69, 9.17) is 14.2 Å². The summed E-state index contributed by atoms with van der Waals surface area (Å²) in [7, 11) is 3.22. The summed E-state index contributed by atoms with van der Waals surface area (Å²) in [5, 5.41) is 15.1. The number of hydrogen-bond acceptors (Lipinski definition) is 7. The molecule has 0 saturated heterocycles. The molecule has 0 spiro atoms. The van der Waals surface area contributed by atoms with Gasteiger partial charge in [-0.3, -0.25) is 9.59 Å². The monoisotopic (exact) mass is 642 g/mol. The van der Waals surface area contributed by atoms with Crippen LogP contribution >= 0.6 is 0 Å². The molecule has 0 saturated carbocycles. The smallest absolute Gasteiger partial charge is 0.329 e. The van der Waals surface area contributed by atoms with Crippen molar-refractivity contribution in [2.24, 2.45) is 11.8 Å². The molecule has 2 aromatic carbocycles. The fourth-order valence-corrected chi connectivity index (χ4v) is 4.90. The molecule has 0 radical (unpaired) electrons. The van der Waals surface area contributed by atoms with Gasteiger partial charge in [-0.1, -0.05) is 58.9 Å². The number of aryl methyl sites for hydroxylation is 2. The third kappa shape index (κ3) is 14.8. The predicted molar refractivity (Wildman–Crippen MR) is 179 cm³/mol. The molecule has 2 aromatic rings. The number of carbonyl (C=O) groups is 4. The first-order valence-corrected chi connectivity index (χ1v) is 16.0. The molecular formula is C36H54N2O8. The Kier molecular flexibility index (Phi) is 18.1. The zero-order chi connectivity index (χ0) is 34.7. The van der Waals surface area contributed by atoms with Gasteiger partial charge >= 0.3 is 11.9 Å². The van der Waals surface area contributed by atoms with Crippen molar-refractivity contribution in [3.05, 3.63) is 59.7 Å². The van der Waals surface area contributed by atoms with Gasteiger partial charge < -0.3 is 30.0 Å². The zero-order valence-electron chi connectivity index (χ0n) is 28.8. The van der Waals surface area contributed by atoms with Crippen LogP contribution < -0.4 is 20.1 Å². The molecule has 0 heterocycles. The number of carboxylic acid groups (broad SMARTS) is 1. The number of rotatable bonds is 18. The normalized spacial score (nSPS) is 12.7. The van der Waals surface area contributed by atoms with Crippen LogP contribution in [0.3, 0.4) is 0 Å². The minimum absolute atomic E-state index is 0.139. The van der Waals surface area contributed by atoms with Crippen LogP contribution in [0.4, 0.5) is 0 Å². The summed E-state index contributed by atoms with van der Waals surface area (Å²) in [6.45, 7) is 11.8. The van der Waals surface area contributed by atoms with Gasteiger partial charge in [0.15, 0.2) is 0 Å². The Balaban J connectivity index is 0.000000460. The van der Waals surface area contributed by atoms with Gasteiger partial charge in [0.25, 0.3) is 0 Å². The minimum Gasteiger partial charge on any atom is -0.497 e. The van der Waals surface area contributed by atoms with Gasteiger partial charge in [0.05, 0.1) is 20.8 Å². The van der Waals surface area contributed by atoms with Crippen LogP contribution in [0.1, 0.15) is 84.8 Å². The van der Waals surface area contributed by atoms with Crippen molar-refractivity contribution < 1.29 is 38.5 Å². The predicted octanol–water partition coefficient (Wildman–Crippen LogP) is 5.75. The van der Waals surface area contributed by atoms with E-state index < -0.39 is 17.6 Å². The molecule has 2 unspecified atom stereocenters. The van der Waals surface area contributed by atoms with Crippen LogP contribution in [-0.2, 0) is 36.8 Å². The number of nitrogens with one attached hydrogen (secondary N) is 2. The van der Waals surface area contributed by atoms with Crippen molar-refractivity contribution in [1.82, 2.24) is 10.6 Å². The second kappa shape index (κ2) is 20.9. The van der Waals surface area contributed by atoms with Crippen LogP contribution in [0.2, 0.25) is 0 Å². The van der Waals surface area contributed by atoms with Crippen LogP contribution in [-0.4, -0.2) is 61.3 Å². The first-order chi connectivity index (χ1) is 21.8. The summed E-state index contributed by atoms with van der Waals surface area (Å²) in [6, 6.07) is 14.5. The molecule has 256 valence electrons. The maximum Gasteiger partial charge on any atom is 0.329 e. The summed E-state index contributed by atoms with van der Waals surface area (Å²) in [5.41, 5.74) is 0.894. The van der Waals surface area contributed by atoms with Crippen LogP contribution in [0, 0.1) is 11.8 Å². The Morgan fingerprint density at radius 1 is 0.761 bits per heavy atom. The van der Waals surface area contributed by atoms with Crippen LogP contribution in [0.25, 0.3) is 0 Å². The van der Waals surface area contributed by atoms with Crippen molar-refractivity contribution in [1.29, 1.82) is 0 Å². The second-order valence-corrected chi connectivity index (χ2v) is 12.1. The molecule has 0 aliphatic heterocycles. The van der Waals surface area contributed by atoms with Gasteiger partial charge in [-0.2, -0.15) is 0 Å². The van der Waals surface area contributed by atoms with Gasteiger partial charge in [0.2, 0.25) is 11.8 Å². The van der Waals surface area contributed by atoms with E-state index >= 15 is 0 Å². The highest BCUT2D eigenvalue weighted by atomic mass is 16.5. The van der Waals surface area contributed by atoms with E-state index in [1.54, 1.807) is 28.1 Å². The number of carboxylic acids is 1. The molecule has 3 N–H and O–H groups in total. The summed E-state index contributed by atoms with van der Waals surface area (Å²) in [5.74, 6) is 0.346. The molecule has 0 aliphatic carbocycles. The molecule has 0 fully saturated rings. The fraction of sp³-hybridized carbons (Fsp3) is 0.556. The SMILES string of the molecule is CCC(CC(C)C)(NC(=O)CCc1ccc(OC)cc1)C(=O)O.CCOC(=O)C(CC(C)C)NC(=O)CCc1ccc(OC)cc1. The number of carbonyl (C=O) groups excluding carboxylic acids is 3. The lowest BCUT2D eigenvalue weighted by Crippen LogP contribution is -2.55. The third-order valence-corrected chi connectivity index (χ3v) is 7.36. The first-order valence-electron chi connectivity index (χ1n) is 16.0. The lowest BCUT2D eigenvalue weighted by Gasteiger charge is -2.31. The third-order valence-electron chi connectivity index (χ3n) is 7.36. The van der Waals surface area contributed by atoms with Gasteiger partial charge in [-0.25, -0.2) is 9.59 Å². The Labute approximate surface area is 274 Å². The number of esters is 1. The van der Waals surface area contributed by atoms with Crippen molar-refractivity contribution in [2.45, 2.75) is 98.1 Å². The Morgan fingerprint density at radius 2 is 1.24 bits per heavy atom. The molecule has 0 aromatic heterocycles. The van der Waals surface area contributed by atoms with Crippen LogP contribution in [0.5, 0.6) is 11.5 Å². The fourth-order valence-electron chi connectivity index (χ4n) is 4.90. The number of methoxy groups -OCH3 is 2. The first kappa shape index (κ1) is 39.9. The molecular weight excluding hydrogens is 588 g/mol. The summed E-state index contributed by atoms with van der Waals surface area (Å²) >= 11 is 0. The highest BCUT2D eigenvalue weighted by molar-refractivity contribution is 5.87. The molecule has 10 heteroatoms. The Hall–Kier alpha value is -4.08. The lowest BCUT2D eigenvalue weighted by atomic mass is 9.86. The molecule has 10 nitrogen and oxygen atoms in total. The van der Waals surface area contributed by atoms with E-state index in [1.807, 2.05) is 76.2 Å². The topological polar surface area (TPSA) is 140 Å². The van der Waals surface area contributed by atoms with E-state index in [0.717, 1.165) is 22.6 Å². The number of amides is 2. The molecule has 46 heavy (non-hydrogen) atoms. The molecule has 2 rings (SSSR count). The van der Waals surface area contributed by atoms with Crippen molar-refractivity contribution >= 4 is 23.8 Å². The Bertz CT molecular complexity index is 1210. The van der Waals surface area contributed by atoms with Gasteiger partial charge in [-0.15, -0.1) is 0 Å². The quantitative estimate of drug-likeness (QED) is 0.175. The second-order valence-electron chi connectivity index (χ2n) is 12.1. The standard InChI is InChI=1S/2C18H27NO4/c1-5-23-18(21)16(12-13(2)3)19-17(20)11-8-14-6-9-15(22-4)10-7-14;1-5-18(17(21)22,12-13(2)3)19-16(20)11-8-14-6-9-15(23-4)10-7-14/h6-7,9-10,13,16H,5,8,11-12H2,1-4H3,(H,19,20);6-7,9-10,13H,5,8,11-12H2,1-4H3,(H,19,20)(H,21,22). The number of benzene rings is 2. The minimum atomic E-state index is -1.18. The van der Waals surface area contributed by atoms with Gasteiger partial charge in [-0.05, 0) is 86.3 Å². The van der Waals surface area contributed by atoms with Crippen molar-refractivity contribution in [3.63, 3.8) is 0 Å². The zero-order valence-corrected chi connectivity index (χ0v) is 28.8. The molecule has 2 amide bonds. The molecule has 2 atom stereocenters. The van der Waals surface area contributed by atoms with E-state index in [2.05, 4.69) is 10.6 Å². The summed E-state index contributed by atoms with van der Waals surface area (Å²) in [6.07, 6.45) is 3.15. The number of aliphatic carboxylic acids is 1. The van der Waals surface area contributed by atoms with Crippen molar-refractivity contribution in [2.75, 3.05) is 20.8 Å². The summed E-state index contributed by atoms with van der Waals surface area (Å²) < 4.78 is 15.2. The lowest BCUT2D eigenvalue weighted by molar-refractivity contribution is -0.148. The maximum absolute atomic E-state index is 12.2. The summed E-state index contributed by atoms with van der Waals surface area (Å²) in [4.78, 5) is 47.8. The van der Waals surface area contributed by atoms with Crippen molar-refractivity contribution in [3.8, 4) is 11.5 Å². The average Bonchev–Trinajstić information content (AvgIpc) is 3.02. The highest BCUT2D eigenvalue weighted by Gasteiger charge is 2.38. The average molecular weight is 643 g/mol. The van der Waals surface area contributed by atoms with E-state index in [-0.39, 0.29) is 30.1 Å². The Morgan fingerprint density at radius 3 is 1.61 bits per heavy atom. The largest absolute Gasteiger partial charge is 0.497 e. The number of hydrogen-bond donors (Lipinski definition) is 3. The van der Waals surface area contributed by atoms with E-state index in [0.29, 0.717) is 51.0 Å². The highest BCUT2D eigenvalue weighted by Crippen LogP contribution is 2.22.